The zero-order valence-corrected chi connectivity index (χ0v) is 15.4. The van der Waals surface area contributed by atoms with Crippen molar-refractivity contribution in [2.24, 2.45) is 5.92 Å². The highest BCUT2D eigenvalue weighted by molar-refractivity contribution is 6.32. The van der Waals surface area contributed by atoms with E-state index in [1.165, 1.54) is 7.11 Å². The van der Waals surface area contributed by atoms with Gasteiger partial charge in [0, 0.05) is 16.5 Å². The number of halogens is 1. The number of fused-ring (bicyclic) bond motifs is 3. The summed E-state index contributed by atoms with van der Waals surface area (Å²) in [7, 11) is 3.06. The average Bonchev–Trinajstić information content (AvgIpc) is 3.16. The largest absolute Gasteiger partial charge is 0.495 e. The summed E-state index contributed by atoms with van der Waals surface area (Å²) in [6.07, 6.45) is 5.44. The SMILES string of the molecule is COC(=O)c1ccc([C@H]2Nc3c(OC)ccc(Cl)c3[C@@H]3C=CC[C@H]23)cc1. The Labute approximate surface area is 157 Å². The molecule has 4 nitrogen and oxygen atoms in total. The molecular formula is C21H20ClNO3. The van der Waals surface area contributed by atoms with Gasteiger partial charge >= 0.3 is 5.97 Å². The number of rotatable bonds is 3. The highest BCUT2D eigenvalue weighted by Gasteiger charge is 2.40. The maximum atomic E-state index is 11.7. The van der Waals surface area contributed by atoms with Gasteiger partial charge in [0.25, 0.3) is 0 Å². The first-order valence-electron chi connectivity index (χ1n) is 8.62. The Morgan fingerprint density at radius 3 is 2.62 bits per heavy atom. The van der Waals surface area contributed by atoms with Crippen molar-refractivity contribution in [2.75, 3.05) is 19.5 Å². The van der Waals surface area contributed by atoms with Gasteiger partial charge in [-0.2, -0.15) is 0 Å². The zero-order valence-electron chi connectivity index (χ0n) is 14.7. The van der Waals surface area contributed by atoms with Crippen LogP contribution >= 0.6 is 11.6 Å². The minimum absolute atomic E-state index is 0.113. The summed E-state index contributed by atoms with van der Waals surface area (Å²) < 4.78 is 10.3. The van der Waals surface area contributed by atoms with E-state index in [4.69, 9.17) is 21.1 Å². The van der Waals surface area contributed by atoms with Crippen LogP contribution in [0.25, 0.3) is 0 Å². The maximum absolute atomic E-state index is 11.7. The Bertz CT molecular complexity index is 876. The predicted octanol–water partition coefficient (Wildman–Crippen LogP) is 4.96. The molecule has 0 bridgehead atoms. The number of anilines is 1. The summed E-state index contributed by atoms with van der Waals surface area (Å²) in [5.74, 6) is 1.09. The number of hydrogen-bond donors (Lipinski definition) is 1. The average molecular weight is 370 g/mol. The molecular weight excluding hydrogens is 350 g/mol. The first-order valence-corrected chi connectivity index (χ1v) is 8.99. The van der Waals surface area contributed by atoms with Crippen LogP contribution in [0.1, 0.15) is 39.9 Å². The van der Waals surface area contributed by atoms with E-state index in [1.54, 1.807) is 7.11 Å². The van der Waals surface area contributed by atoms with Gasteiger partial charge in [0.1, 0.15) is 5.75 Å². The first-order chi connectivity index (χ1) is 12.6. The summed E-state index contributed by atoms with van der Waals surface area (Å²) in [6, 6.07) is 11.5. The molecule has 1 aliphatic heterocycles. The molecule has 26 heavy (non-hydrogen) atoms. The Morgan fingerprint density at radius 2 is 1.92 bits per heavy atom. The molecule has 2 aromatic rings. The fraction of sp³-hybridized carbons (Fsp3) is 0.286. The van der Waals surface area contributed by atoms with Gasteiger partial charge in [0.15, 0.2) is 0 Å². The van der Waals surface area contributed by atoms with E-state index in [9.17, 15) is 4.79 Å². The van der Waals surface area contributed by atoms with Gasteiger partial charge in [-0.1, -0.05) is 35.9 Å². The van der Waals surface area contributed by atoms with E-state index in [1.807, 2.05) is 36.4 Å². The second-order valence-corrected chi connectivity index (χ2v) is 7.03. The van der Waals surface area contributed by atoms with E-state index < -0.39 is 0 Å². The molecule has 0 spiro atoms. The molecule has 2 aromatic carbocycles. The van der Waals surface area contributed by atoms with Gasteiger partial charge in [-0.3, -0.25) is 0 Å². The van der Waals surface area contributed by atoms with Gasteiger partial charge in [-0.15, -0.1) is 0 Å². The third-order valence-corrected chi connectivity index (χ3v) is 5.67. The molecule has 1 aliphatic carbocycles. The molecule has 0 unspecified atom stereocenters. The summed E-state index contributed by atoms with van der Waals surface area (Å²) in [5.41, 5.74) is 3.74. The van der Waals surface area contributed by atoms with Crippen LogP contribution in [0.4, 0.5) is 5.69 Å². The lowest BCUT2D eigenvalue weighted by atomic mass is 9.76. The highest BCUT2D eigenvalue weighted by atomic mass is 35.5. The lowest BCUT2D eigenvalue weighted by Gasteiger charge is -2.38. The molecule has 0 amide bonds. The molecule has 134 valence electrons. The molecule has 5 heteroatoms. The minimum atomic E-state index is -0.327. The number of esters is 1. The Balaban J connectivity index is 1.75. The van der Waals surface area contributed by atoms with E-state index in [0.717, 1.165) is 34.0 Å². The Hall–Kier alpha value is -2.46. The van der Waals surface area contributed by atoms with Crippen molar-refractivity contribution in [2.45, 2.75) is 18.4 Å². The quantitative estimate of drug-likeness (QED) is 0.613. The fourth-order valence-corrected chi connectivity index (χ4v) is 4.37. The van der Waals surface area contributed by atoms with Crippen molar-refractivity contribution < 1.29 is 14.3 Å². The number of carbonyl (C=O) groups excluding carboxylic acids is 1. The van der Waals surface area contributed by atoms with Crippen molar-refractivity contribution in [3.05, 3.63) is 70.3 Å². The van der Waals surface area contributed by atoms with Crippen molar-refractivity contribution >= 4 is 23.3 Å². The van der Waals surface area contributed by atoms with Crippen LogP contribution in [0, 0.1) is 5.92 Å². The third-order valence-electron chi connectivity index (χ3n) is 5.34. The summed E-state index contributed by atoms with van der Waals surface area (Å²) in [6.45, 7) is 0. The number of benzene rings is 2. The van der Waals surface area contributed by atoms with Crippen LogP contribution in [0.3, 0.4) is 0 Å². The van der Waals surface area contributed by atoms with Gasteiger partial charge in [0.2, 0.25) is 0 Å². The monoisotopic (exact) mass is 369 g/mol. The first kappa shape index (κ1) is 17.0. The van der Waals surface area contributed by atoms with Crippen LogP contribution in [0.2, 0.25) is 5.02 Å². The summed E-state index contributed by atoms with van der Waals surface area (Å²) >= 11 is 6.52. The normalized spacial score (nSPS) is 23.0. The van der Waals surface area contributed by atoms with Crippen LogP contribution in [-0.4, -0.2) is 20.2 Å². The molecule has 0 aromatic heterocycles. The van der Waals surface area contributed by atoms with Crippen molar-refractivity contribution in [3.8, 4) is 5.75 Å². The number of allylic oxidation sites excluding steroid dienone is 2. The second kappa shape index (κ2) is 6.69. The molecule has 0 saturated carbocycles. The molecule has 3 atom stereocenters. The summed E-state index contributed by atoms with van der Waals surface area (Å²) in [4.78, 5) is 11.7. The van der Waals surface area contributed by atoms with Crippen LogP contribution in [0.5, 0.6) is 5.75 Å². The Morgan fingerprint density at radius 1 is 1.15 bits per heavy atom. The molecule has 0 fully saturated rings. The number of nitrogens with one attached hydrogen (secondary N) is 1. The van der Waals surface area contributed by atoms with E-state index in [-0.39, 0.29) is 17.9 Å². The van der Waals surface area contributed by atoms with Crippen LogP contribution in [-0.2, 0) is 4.74 Å². The van der Waals surface area contributed by atoms with Gasteiger partial charge in [-0.25, -0.2) is 4.79 Å². The smallest absolute Gasteiger partial charge is 0.337 e. The number of hydrogen-bond acceptors (Lipinski definition) is 4. The number of methoxy groups -OCH3 is 2. The zero-order chi connectivity index (χ0) is 18.3. The van der Waals surface area contributed by atoms with Crippen molar-refractivity contribution in [1.82, 2.24) is 0 Å². The van der Waals surface area contributed by atoms with Gasteiger partial charge in [-0.05, 0) is 42.2 Å². The van der Waals surface area contributed by atoms with Crippen molar-refractivity contribution in [1.29, 1.82) is 0 Å². The number of ether oxygens (including phenoxy) is 2. The van der Waals surface area contributed by atoms with E-state index >= 15 is 0 Å². The second-order valence-electron chi connectivity index (χ2n) is 6.63. The topological polar surface area (TPSA) is 47.6 Å². The van der Waals surface area contributed by atoms with Crippen molar-refractivity contribution in [3.63, 3.8) is 0 Å². The van der Waals surface area contributed by atoms with E-state index in [2.05, 4.69) is 17.5 Å². The highest BCUT2D eigenvalue weighted by Crippen LogP contribution is 2.54. The standard InChI is InChI=1S/C21H20ClNO3/c1-25-17-11-10-16(22)18-14-4-3-5-15(14)19(23-20(17)18)12-6-8-13(9-7-12)21(24)26-2/h3-4,6-11,14-15,19,23H,5H2,1-2H3/t14-,15+,19-/m1/s1. The molecule has 2 aliphatic rings. The third kappa shape index (κ3) is 2.65. The molecule has 1 N–H and O–H groups in total. The molecule has 0 saturated heterocycles. The molecule has 0 radical (unpaired) electrons. The Kier molecular flexibility index (Phi) is 4.37. The number of carbonyl (C=O) groups is 1. The van der Waals surface area contributed by atoms with Crippen LogP contribution in [0.15, 0.2) is 48.6 Å². The molecule has 4 rings (SSSR count). The lowest BCUT2D eigenvalue weighted by molar-refractivity contribution is 0.0600. The lowest BCUT2D eigenvalue weighted by Crippen LogP contribution is -2.29. The fourth-order valence-electron chi connectivity index (χ4n) is 4.08. The predicted molar refractivity (Wildman–Crippen MR) is 102 cm³/mol. The molecule has 1 heterocycles. The van der Waals surface area contributed by atoms with E-state index in [0.29, 0.717) is 11.5 Å². The maximum Gasteiger partial charge on any atom is 0.337 e. The van der Waals surface area contributed by atoms with Gasteiger partial charge in [0.05, 0.1) is 31.5 Å². The van der Waals surface area contributed by atoms with Gasteiger partial charge < -0.3 is 14.8 Å². The van der Waals surface area contributed by atoms with Crippen LogP contribution < -0.4 is 10.1 Å². The summed E-state index contributed by atoms with van der Waals surface area (Å²) in [5, 5.41) is 4.40. The minimum Gasteiger partial charge on any atom is -0.495 e.